The Bertz CT molecular complexity index is 786. The molecule has 22 heavy (non-hydrogen) atoms. The summed E-state index contributed by atoms with van der Waals surface area (Å²) in [5.41, 5.74) is 2.25. The highest BCUT2D eigenvalue weighted by molar-refractivity contribution is 9.10. The lowest BCUT2D eigenvalue weighted by Gasteiger charge is -2.05. The van der Waals surface area contributed by atoms with Gasteiger partial charge in [0.25, 0.3) is 0 Å². The zero-order valence-corrected chi connectivity index (χ0v) is 15.0. The molecule has 0 amide bonds. The first-order chi connectivity index (χ1) is 10.6. The van der Waals surface area contributed by atoms with Crippen LogP contribution in [0.4, 0.5) is 0 Å². The number of aromatic nitrogens is 3. The Kier molecular flexibility index (Phi) is 4.86. The smallest absolute Gasteiger partial charge is 0.191 e. The van der Waals surface area contributed by atoms with Gasteiger partial charge in [0.2, 0.25) is 0 Å². The summed E-state index contributed by atoms with van der Waals surface area (Å²) in [4.78, 5) is 0. The van der Waals surface area contributed by atoms with Gasteiger partial charge in [-0.25, -0.2) is 0 Å². The van der Waals surface area contributed by atoms with Crippen LogP contribution < -0.4 is 0 Å². The number of benzene rings is 2. The highest BCUT2D eigenvalue weighted by Crippen LogP contribution is 2.28. The molecule has 0 aliphatic rings. The zero-order valence-electron chi connectivity index (χ0n) is 11.8. The van der Waals surface area contributed by atoms with E-state index in [1.54, 1.807) is 11.8 Å². The lowest BCUT2D eigenvalue weighted by molar-refractivity contribution is 0.794. The highest BCUT2D eigenvalue weighted by atomic mass is 79.9. The van der Waals surface area contributed by atoms with Crippen LogP contribution in [-0.2, 0) is 12.8 Å². The minimum Gasteiger partial charge on any atom is -0.305 e. The molecule has 0 saturated carbocycles. The largest absolute Gasteiger partial charge is 0.305 e. The number of hydrogen-bond donors (Lipinski definition) is 0. The quantitative estimate of drug-likeness (QED) is 0.570. The van der Waals surface area contributed by atoms with Gasteiger partial charge in [-0.3, -0.25) is 0 Å². The molecule has 0 fully saturated rings. The van der Waals surface area contributed by atoms with Gasteiger partial charge in [-0.1, -0.05) is 57.5 Å². The summed E-state index contributed by atoms with van der Waals surface area (Å²) in [7, 11) is 1.98. The molecule has 1 aromatic heterocycles. The summed E-state index contributed by atoms with van der Waals surface area (Å²) in [5, 5.41) is 10.2. The maximum Gasteiger partial charge on any atom is 0.191 e. The van der Waals surface area contributed by atoms with Gasteiger partial charge in [0.15, 0.2) is 11.0 Å². The van der Waals surface area contributed by atoms with E-state index in [2.05, 4.69) is 32.2 Å². The summed E-state index contributed by atoms with van der Waals surface area (Å²) in [6, 6.07) is 15.8. The molecule has 1 heterocycles. The van der Waals surface area contributed by atoms with E-state index in [9.17, 15) is 0 Å². The van der Waals surface area contributed by atoms with Crippen molar-refractivity contribution in [3.63, 3.8) is 0 Å². The van der Waals surface area contributed by atoms with E-state index >= 15 is 0 Å². The van der Waals surface area contributed by atoms with Crippen LogP contribution >= 0.6 is 39.3 Å². The van der Waals surface area contributed by atoms with Gasteiger partial charge in [0.1, 0.15) is 0 Å². The first-order valence-corrected chi connectivity index (χ1v) is 8.82. The van der Waals surface area contributed by atoms with Crippen molar-refractivity contribution in [2.45, 2.75) is 10.9 Å². The number of thioether (sulfide) groups is 1. The van der Waals surface area contributed by atoms with Crippen molar-refractivity contribution < 1.29 is 0 Å². The Morgan fingerprint density at radius 2 is 1.82 bits per heavy atom. The third kappa shape index (κ3) is 3.37. The molecule has 3 rings (SSSR count). The molecule has 112 valence electrons. The molecule has 3 aromatic rings. The lowest BCUT2D eigenvalue weighted by atomic mass is 10.2. The van der Waals surface area contributed by atoms with E-state index in [1.165, 1.54) is 5.56 Å². The molecule has 0 bridgehead atoms. The minimum absolute atomic E-state index is 0.717. The Morgan fingerprint density at radius 1 is 1.09 bits per heavy atom. The number of rotatable bonds is 4. The molecule has 2 aromatic carbocycles. The van der Waals surface area contributed by atoms with E-state index in [4.69, 9.17) is 11.6 Å². The van der Waals surface area contributed by atoms with Crippen molar-refractivity contribution in [2.75, 3.05) is 0 Å². The van der Waals surface area contributed by atoms with Crippen LogP contribution in [0, 0.1) is 0 Å². The van der Waals surface area contributed by atoms with Gasteiger partial charge in [-0.15, -0.1) is 10.2 Å². The summed E-state index contributed by atoms with van der Waals surface area (Å²) in [5.74, 6) is 1.68. The standard InChI is InChI=1S/C16H13BrClN3S/c1-21-15(11-6-8-13(18)9-7-11)19-20-16(21)22-10-12-4-2-3-5-14(12)17/h2-9H,10H2,1H3. The monoisotopic (exact) mass is 393 g/mol. The van der Waals surface area contributed by atoms with E-state index in [1.807, 2.05) is 54.1 Å². The maximum atomic E-state index is 5.93. The summed E-state index contributed by atoms with van der Waals surface area (Å²) >= 11 is 11.2. The average Bonchev–Trinajstić information content (AvgIpc) is 2.88. The van der Waals surface area contributed by atoms with Crippen molar-refractivity contribution in [1.82, 2.24) is 14.8 Å². The van der Waals surface area contributed by atoms with E-state index in [0.717, 1.165) is 31.8 Å². The third-order valence-electron chi connectivity index (χ3n) is 3.25. The second-order valence-corrected chi connectivity index (χ2v) is 6.99. The molecular weight excluding hydrogens is 382 g/mol. The molecule has 0 N–H and O–H groups in total. The fraction of sp³-hybridized carbons (Fsp3) is 0.125. The molecule has 0 spiro atoms. The van der Waals surface area contributed by atoms with Gasteiger partial charge in [-0.2, -0.15) is 0 Å². The number of halogens is 2. The predicted octanol–water partition coefficient (Wildman–Crippen LogP) is 5.19. The van der Waals surface area contributed by atoms with Crippen LogP contribution in [0.1, 0.15) is 5.56 Å². The Hall–Kier alpha value is -1.30. The van der Waals surface area contributed by atoms with Gasteiger partial charge >= 0.3 is 0 Å². The fourth-order valence-electron chi connectivity index (χ4n) is 2.05. The molecule has 0 unspecified atom stereocenters. The Labute approximate surface area is 146 Å². The molecule has 0 aliphatic heterocycles. The Balaban J connectivity index is 1.79. The topological polar surface area (TPSA) is 30.7 Å². The van der Waals surface area contributed by atoms with Crippen LogP contribution in [-0.4, -0.2) is 14.8 Å². The molecule has 0 aliphatic carbocycles. The fourth-order valence-corrected chi connectivity index (χ4v) is 3.70. The van der Waals surface area contributed by atoms with Crippen molar-refractivity contribution in [3.05, 3.63) is 63.6 Å². The van der Waals surface area contributed by atoms with Gasteiger partial charge in [-0.05, 0) is 35.9 Å². The Morgan fingerprint density at radius 3 is 2.55 bits per heavy atom. The second-order valence-electron chi connectivity index (χ2n) is 4.75. The van der Waals surface area contributed by atoms with Crippen molar-refractivity contribution in [1.29, 1.82) is 0 Å². The third-order valence-corrected chi connectivity index (χ3v) is 5.35. The van der Waals surface area contributed by atoms with Crippen molar-refractivity contribution in [3.8, 4) is 11.4 Å². The SMILES string of the molecule is Cn1c(SCc2ccccc2Br)nnc1-c1ccc(Cl)cc1. The summed E-state index contributed by atoms with van der Waals surface area (Å²) in [6.07, 6.45) is 0. The molecule has 6 heteroatoms. The first-order valence-electron chi connectivity index (χ1n) is 6.66. The molecule has 0 radical (unpaired) electrons. The predicted molar refractivity (Wildman–Crippen MR) is 95.2 cm³/mol. The second kappa shape index (κ2) is 6.86. The average molecular weight is 395 g/mol. The lowest BCUT2D eigenvalue weighted by Crippen LogP contribution is -1.95. The zero-order chi connectivity index (χ0) is 15.5. The van der Waals surface area contributed by atoms with Crippen molar-refractivity contribution >= 4 is 39.3 Å². The highest BCUT2D eigenvalue weighted by Gasteiger charge is 2.11. The van der Waals surface area contributed by atoms with E-state index in [0.29, 0.717) is 0 Å². The normalized spacial score (nSPS) is 10.9. The first kappa shape index (κ1) is 15.6. The van der Waals surface area contributed by atoms with Crippen LogP contribution in [0.15, 0.2) is 58.2 Å². The van der Waals surface area contributed by atoms with Crippen LogP contribution in [0.3, 0.4) is 0 Å². The summed E-state index contributed by atoms with van der Waals surface area (Å²) in [6.45, 7) is 0. The van der Waals surface area contributed by atoms with E-state index in [-0.39, 0.29) is 0 Å². The maximum absolute atomic E-state index is 5.93. The van der Waals surface area contributed by atoms with E-state index < -0.39 is 0 Å². The van der Waals surface area contributed by atoms with Crippen LogP contribution in [0.5, 0.6) is 0 Å². The molecule has 0 atom stereocenters. The molecule has 0 saturated heterocycles. The van der Waals surface area contributed by atoms with Gasteiger partial charge < -0.3 is 4.57 Å². The number of nitrogens with zero attached hydrogens (tertiary/aromatic N) is 3. The minimum atomic E-state index is 0.717. The van der Waals surface area contributed by atoms with Crippen LogP contribution in [0.25, 0.3) is 11.4 Å². The molecular formula is C16H13BrClN3S. The van der Waals surface area contributed by atoms with Gasteiger partial charge in [0, 0.05) is 27.9 Å². The summed E-state index contributed by atoms with van der Waals surface area (Å²) < 4.78 is 3.12. The van der Waals surface area contributed by atoms with Gasteiger partial charge in [0.05, 0.1) is 0 Å². The molecule has 3 nitrogen and oxygen atoms in total. The van der Waals surface area contributed by atoms with Crippen molar-refractivity contribution in [2.24, 2.45) is 7.05 Å². The van der Waals surface area contributed by atoms with Crippen LogP contribution in [0.2, 0.25) is 5.02 Å². The number of hydrogen-bond acceptors (Lipinski definition) is 3.